The molecule has 0 radical (unpaired) electrons. The number of hydrogen-bond acceptors (Lipinski definition) is 4. The predicted molar refractivity (Wildman–Crippen MR) is 47.5 cm³/mol. The highest BCUT2D eigenvalue weighted by Crippen LogP contribution is 2.00. The van der Waals surface area contributed by atoms with Crippen molar-refractivity contribution >= 4 is 6.09 Å². The van der Waals surface area contributed by atoms with Gasteiger partial charge in [-0.15, -0.1) is 0 Å². The number of hydrogen-bond donors (Lipinski definition) is 2. The molecule has 5 nitrogen and oxygen atoms in total. The van der Waals surface area contributed by atoms with E-state index < -0.39 is 11.7 Å². The van der Waals surface area contributed by atoms with Crippen LogP contribution in [0, 0.1) is 0 Å². The molecule has 78 valence electrons. The van der Waals surface area contributed by atoms with Crippen molar-refractivity contribution in [1.29, 1.82) is 0 Å². The molecule has 0 aliphatic heterocycles. The molecule has 0 aromatic heterocycles. The number of rotatable bonds is 5. The number of ether oxygens (including phenoxy) is 2. The molecule has 0 heterocycles. The molecule has 0 aromatic carbocycles. The van der Waals surface area contributed by atoms with Crippen LogP contribution in [0.3, 0.4) is 0 Å². The Morgan fingerprint density at radius 2 is 2.23 bits per heavy atom. The first kappa shape index (κ1) is 12.2. The molecule has 0 aliphatic rings. The molecule has 1 amide bonds. The van der Waals surface area contributed by atoms with Gasteiger partial charge in [-0.3, -0.25) is 0 Å². The van der Waals surface area contributed by atoms with Crippen LogP contribution in [-0.2, 0) is 9.47 Å². The first-order chi connectivity index (χ1) is 6.02. The molecule has 0 aliphatic carbocycles. The van der Waals surface area contributed by atoms with E-state index >= 15 is 0 Å². The van der Waals surface area contributed by atoms with Crippen molar-refractivity contribution in [3.05, 3.63) is 0 Å². The van der Waals surface area contributed by atoms with Gasteiger partial charge < -0.3 is 19.9 Å². The van der Waals surface area contributed by atoms with Gasteiger partial charge in [0.05, 0.1) is 19.8 Å². The number of aliphatic hydroxyl groups is 1. The zero-order valence-electron chi connectivity index (χ0n) is 8.29. The SMILES string of the molecule is CCOC(=O)NC[C@](C)(O)COC. The van der Waals surface area contributed by atoms with Crippen molar-refractivity contribution in [3.8, 4) is 0 Å². The molecular weight excluding hydrogens is 174 g/mol. The largest absolute Gasteiger partial charge is 0.450 e. The summed E-state index contributed by atoms with van der Waals surface area (Å²) in [5.41, 5.74) is -1.05. The summed E-state index contributed by atoms with van der Waals surface area (Å²) in [7, 11) is 1.48. The average Bonchev–Trinajstić information content (AvgIpc) is 2.02. The second-order valence-corrected chi connectivity index (χ2v) is 3.00. The topological polar surface area (TPSA) is 67.8 Å². The number of amides is 1. The maximum Gasteiger partial charge on any atom is 0.407 e. The normalized spacial score (nSPS) is 14.8. The van der Waals surface area contributed by atoms with Crippen molar-refractivity contribution in [2.45, 2.75) is 19.4 Å². The van der Waals surface area contributed by atoms with Crippen LogP contribution in [0.4, 0.5) is 4.79 Å². The van der Waals surface area contributed by atoms with E-state index in [9.17, 15) is 9.90 Å². The summed E-state index contributed by atoms with van der Waals surface area (Å²) in [4.78, 5) is 10.8. The average molecular weight is 191 g/mol. The van der Waals surface area contributed by atoms with Crippen molar-refractivity contribution < 1.29 is 19.4 Å². The lowest BCUT2D eigenvalue weighted by atomic mass is 10.1. The summed E-state index contributed by atoms with van der Waals surface area (Å²) >= 11 is 0. The Kier molecular flexibility index (Phi) is 5.41. The maximum absolute atomic E-state index is 10.8. The van der Waals surface area contributed by atoms with E-state index in [0.717, 1.165) is 0 Å². The highest BCUT2D eigenvalue weighted by molar-refractivity contribution is 5.67. The lowest BCUT2D eigenvalue weighted by Crippen LogP contribution is -2.43. The van der Waals surface area contributed by atoms with Gasteiger partial charge in [-0.2, -0.15) is 0 Å². The van der Waals surface area contributed by atoms with Crippen LogP contribution in [-0.4, -0.2) is 43.7 Å². The molecule has 0 saturated heterocycles. The number of carbonyl (C=O) groups is 1. The van der Waals surface area contributed by atoms with Crippen LogP contribution in [0.2, 0.25) is 0 Å². The number of nitrogens with one attached hydrogen (secondary N) is 1. The maximum atomic E-state index is 10.8. The van der Waals surface area contributed by atoms with Gasteiger partial charge in [-0.25, -0.2) is 4.79 Å². The van der Waals surface area contributed by atoms with Gasteiger partial charge in [0, 0.05) is 7.11 Å². The fourth-order valence-corrected chi connectivity index (χ4v) is 0.807. The molecule has 0 fully saturated rings. The molecule has 2 N–H and O–H groups in total. The minimum absolute atomic E-state index is 0.111. The van der Waals surface area contributed by atoms with Crippen LogP contribution in [0.1, 0.15) is 13.8 Å². The first-order valence-electron chi connectivity index (χ1n) is 4.14. The van der Waals surface area contributed by atoms with E-state index in [-0.39, 0.29) is 13.2 Å². The third kappa shape index (κ3) is 6.36. The van der Waals surface area contributed by atoms with Crippen molar-refractivity contribution in [2.24, 2.45) is 0 Å². The fourth-order valence-electron chi connectivity index (χ4n) is 0.807. The summed E-state index contributed by atoms with van der Waals surface area (Å²) in [6.45, 7) is 3.88. The van der Waals surface area contributed by atoms with Crippen LogP contribution >= 0.6 is 0 Å². The van der Waals surface area contributed by atoms with Crippen LogP contribution in [0.15, 0.2) is 0 Å². The lowest BCUT2D eigenvalue weighted by molar-refractivity contribution is -0.0153. The molecule has 0 aromatic rings. The number of methoxy groups -OCH3 is 1. The van der Waals surface area contributed by atoms with Gasteiger partial charge in [-0.1, -0.05) is 0 Å². The zero-order valence-corrected chi connectivity index (χ0v) is 8.29. The van der Waals surface area contributed by atoms with Gasteiger partial charge in [-0.05, 0) is 13.8 Å². The number of carbonyl (C=O) groups excluding carboxylic acids is 1. The monoisotopic (exact) mass is 191 g/mol. The molecule has 5 heteroatoms. The van der Waals surface area contributed by atoms with Gasteiger partial charge >= 0.3 is 6.09 Å². The second kappa shape index (κ2) is 5.77. The molecule has 0 bridgehead atoms. The third-order valence-corrected chi connectivity index (χ3v) is 1.34. The van der Waals surface area contributed by atoms with Crippen molar-refractivity contribution in [1.82, 2.24) is 5.32 Å². The number of alkyl carbamates (subject to hydrolysis) is 1. The van der Waals surface area contributed by atoms with Crippen molar-refractivity contribution in [2.75, 3.05) is 26.9 Å². The fraction of sp³-hybridized carbons (Fsp3) is 0.875. The summed E-state index contributed by atoms with van der Waals surface area (Å²) in [6.07, 6.45) is -0.529. The van der Waals surface area contributed by atoms with Crippen LogP contribution < -0.4 is 5.32 Å². The molecule has 0 saturated carbocycles. The Bertz CT molecular complexity index is 158. The Morgan fingerprint density at radius 3 is 2.69 bits per heavy atom. The van der Waals surface area contributed by atoms with Crippen molar-refractivity contribution in [3.63, 3.8) is 0 Å². The third-order valence-electron chi connectivity index (χ3n) is 1.34. The molecule has 0 rings (SSSR count). The second-order valence-electron chi connectivity index (χ2n) is 3.00. The van der Waals surface area contributed by atoms with E-state index in [0.29, 0.717) is 6.61 Å². The van der Waals surface area contributed by atoms with E-state index in [2.05, 4.69) is 10.1 Å². The molecule has 13 heavy (non-hydrogen) atoms. The molecule has 0 spiro atoms. The van der Waals surface area contributed by atoms with Crippen LogP contribution in [0.25, 0.3) is 0 Å². The standard InChI is InChI=1S/C8H17NO4/c1-4-13-7(10)9-5-8(2,11)6-12-3/h11H,4-6H2,1-3H3,(H,9,10)/t8-/m0/s1. The van der Waals surface area contributed by atoms with E-state index in [1.54, 1.807) is 13.8 Å². The Labute approximate surface area is 78.0 Å². The van der Waals surface area contributed by atoms with Gasteiger partial charge in [0.2, 0.25) is 0 Å². The minimum Gasteiger partial charge on any atom is -0.450 e. The zero-order chi connectivity index (χ0) is 10.3. The summed E-state index contributed by atoms with van der Waals surface area (Å²) in [5, 5.41) is 12.0. The first-order valence-corrected chi connectivity index (χ1v) is 4.14. The van der Waals surface area contributed by atoms with Gasteiger partial charge in [0.15, 0.2) is 0 Å². The summed E-state index contributed by atoms with van der Waals surface area (Å²) in [5.74, 6) is 0. The minimum atomic E-state index is -1.05. The highest BCUT2D eigenvalue weighted by Gasteiger charge is 2.20. The summed E-state index contributed by atoms with van der Waals surface area (Å²) in [6, 6.07) is 0. The van der Waals surface area contributed by atoms with Gasteiger partial charge in [0.1, 0.15) is 5.60 Å². The predicted octanol–water partition coefficient (Wildman–Crippen LogP) is 0.130. The quantitative estimate of drug-likeness (QED) is 0.648. The Hall–Kier alpha value is -0.810. The lowest BCUT2D eigenvalue weighted by Gasteiger charge is -2.22. The van der Waals surface area contributed by atoms with Gasteiger partial charge in [0.25, 0.3) is 0 Å². The Balaban J connectivity index is 3.67. The van der Waals surface area contributed by atoms with E-state index in [4.69, 9.17) is 4.74 Å². The Morgan fingerprint density at radius 1 is 1.62 bits per heavy atom. The smallest absolute Gasteiger partial charge is 0.407 e. The molecule has 0 unspecified atom stereocenters. The molecule has 1 atom stereocenters. The molecular formula is C8H17NO4. The summed E-state index contributed by atoms with van der Waals surface area (Å²) < 4.78 is 9.37. The van der Waals surface area contributed by atoms with Crippen LogP contribution in [0.5, 0.6) is 0 Å². The van der Waals surface area contributed by atoms with E-state index in [1.165, 1.54) is 7.11 Å². The highest BCUT2D eigenvalue weighted by atomic mass is 16.5. The van der Waals surface area contributed by atoms with E-state index in [1.807, 2.05) is 0 Å².